The summed E-state index contributed by atoms with van der Waals surface area (Å²) in [6.07, 6.45) is 3.27. The molecular weight excluding hydrogens is 384 g/mol. The van der Waals surface area contributed by atoms with E-state index >= 15 is 0 Å². The molecule has 2 aromatic heterocycles. The first-order valence-corrected chi connectivity index (χ1v) is 11.1. The number of rotatable bonds is 6. The van der Waals surface area contributed by atoms with Crippen LogP contribution >= 0.6 is 11.3 Å². The van der Waals surface area contributed by atoms with Crippen LogP contribution in [0.5, 0.6) is 5.75 Å². The summed E-state index contributed by atoms with van der Waals surface area (Å²) in [5.74, 6) is 1.02. The summed E-state index contributed by atoms with van der Waals surface area (Å²) in [7, 11) is -3.60. The van der Waals surface area contributed by atoms with Gasteiger partial charge >= 0.3 is 0 Å². The fourth-order valence-corrected chi connectivity index (χ4v) is 5.56. The van der Waals surface area contributed by atoms with Crippen molar-refractivity contribution in [3.63, 3.8) is 0 Å². The zero-order chi connectivity index (χ0) is 18.9. The fraction of sp³-hybridized carbons (Fsp3) is 0.333. The zero-order valence-corrected chi connectivity index (χ0v) is 16.5. The van der Waals surface area contributed by atoms with Crippen LogP contribution in [0.3, 0.4) is 0 Å². The van der Waals surface area contributed by atoms with Crippen molar-refractivity contribution in [3.8, 4) is 5.75 Å². The van der Waals surface area contributed by atoms with E-state index in [0.717, 1.165) is 23.1 Å². The Labute approximate surface area is 162 Å². The number of benzene rings is 1. The second-order valence-electron chi connectivity index (χ2n) is 6.19. The minimum Gasteiger partial charge on any atom is -0.492 e. The SMILES string of the molecule is CCOc1ccc(Nc2ncnc3sccc23)cc1S(=O)(=O)N1CCCC1. The topological polar surface area (TPSA) is 84.4 Å². The van der Waals surface area contributed by atoms with E-state index in [4.69, 9.17) is 4.74 Å². The molecule has 27 heavy (non-hydrogen) atoms. The third-order valence-corrected chi connectivity index (χ3v) is 7.19. The number of nitrogens with zero attached hydrogens (tertiary/aromatic N) is 3. The summed E-state index contributed by atoms with van der Waals surface area (Å²) >= 11 is 1.53. The van der Waals surface area contributed by atoms with E-state index < -0.39 is 10.0 Å². The molecule has 1 aliphatic rings. The summed E-state index contributed by atoms with van der Waals surface area (Å²) in [6.45, 7) is 3.34. The highest BCUT2D eigenvalue weighted by Crippen LogP contribution is 2.33. The molecule has 0 atom stereocenters. The third-order valence-electron chi connectivity index (χ3n) is 4.45. The maximum atomic E-state index is 13.1. The third kappa shape index (κ3) is 3.50. The number of anilines is 2. The van der Waals surface area contributed by atoms with E-state index in [2.05, 4.69) is 15.3 Å². The summed E-state index contributed by atoms with van der Waals surface area (Å²) in [4.78, 5) is 9.60. The van der Waals surface area contributed by atoms with E-state index in [0.29, 0.717) is 37.0 Å². The second kappa shape index (κ2) is 7.41. The molecule has 0 unspecified atom stereocenters. The Hall–Kier alpha value is -2.23. The molecule has 0 radical (unpaired) electrons. The molecule has 3 aromatic rings. The number of ether oxygens (including phenoxy) is 1. The highest BCUT2D eigenvalue weighted by atomic mass is 32.2. The molecule has 0 amide bonds. The van der Waals surface area contributed by atoms with Gasteiger partial charge in [0.05, 0.1) is 12.0 Å². The Kier molecular flexibility index (Phi) is 4.98. The van der Waals surface area contributed by atoms with Gasteiger partial charge in [0.15, 0.2) is 0 Å². The van der Waals surface area contributed by atoms with Crippen LogP contribution < -0.4 is 10.1 Å². The minimum atomic E-state index is -3.60. The molecule has 0 spiro atoms. The molecule has 0 bridgehead atoms. The molecule has 4 rings (SSSR count). The molecule has 7 nitrogen and oxygen atoms in total. The molecular formula is C18H20N4O3S2. The van der Waals surface area contributed by atoms with Gasteiger partial charge in [-0.25, -0.2) is 18.4 Å². The molecule has 1 aliphatic heterocycles. The van der Waals surface area contributed by atoms with Gasteiger partial charge in [0.25, 0.3) is 0 Å². The number of aromatic nitrogens is 2. The molecule has 1 saturated heterocycles. The standard InChI is InChI=1S/C18H20N4O3S2/c1-2-25-15-6-5-13(11-16(15)27(23,24)22-8-3-4-9-22)21-17-14-7-10-26-18(14)20-12-19-17/h5-7,10-12H,2-4,8-9H2,1H3,(H,19,20,21). The second-order valence-corrected chi connectivity index (χ2v) is 8.99. The Balaban J connectivity index is 1.73. The number of hydrogen-bond acceptors (Lipinski definition) is 7. The Morgan fingerprint density at radius 2 is 2.04 bits per heavy atom. The first-order valence-electron chi connectivity index (χ1n) is 8.82. The average molecular weight is 405 g/mol. The lowest BCUT2D eigenvalue weighted by Crippen LogP contribution is -2.28. The zero-order valence-electron chi connectivity index (χ0n) is 14.9. The van der Waals surface area contributed by atoms with Crippen molar-refractivity contribution in [2.45, 2.75) is 24.7 Å². The number of hydrogen-bond donors (Lipinski definition) is 1. The Bertz CT molecular complexity index is 1060. The van der Waals surface area contributed by atoms with Crippen molar-refractivity contribution < 1.29 is 13.2 Å². The fourth-order valence-electron chi connectivity index (χ4n) is 3.16. The van der Waals surface area contributed by atoms with Crippen LogP contribution in [0.1, 0.15) is 19.8 Å². The Morgan fingerprint density at radius 3 is 2.81 bits per heavy atom. The quantitative estimate of drug-likeness (QED) is 0.675. The molecule has 0 aliphatic carbocycles. The highest BCUT2D eigenvalue weighted by Gasteiger charge is 2.30. The molecule has 1 fully saturated rings. The van der Waals surface area contributed by atoms with Crippen molar-refractivity contribution in [2.75, 3.05) is 25.0 Å². The predicted octanol–water partition coefficient (Wildman–Crippen LogP) is 3.62. The number of nitrogens with one attached hydrogen (secondary N) is 1. The van der Waals surface area contributed by atoms with Crippen LogP contribution in [0.2, 0.25) is 0 Å². The van der Waals surface area contributed by atoms with Crippen LogP contribution in [0.15, 0.2) is 40.9 Å². The van der Waals surface area contributed by atoms with E-state index in [-0.39, 0.29) is 4.90 Å². The summed E-state index contributed by atoms with van der Waals surface area (Å²) < 4.78 is 33.3. The van der Waals surface area contributed by atoms with Gasteiger partial charge in [0.1, 0.15) is 27.6 Å². The van der Waals surface area contributed by atoms with Gasteiger partial charge in [-0.3, -0.25) is 0 Å². The average Bonchev–Trinajstić information content (AvgIpc) is 3.35. The van der Waals surface area contributed by atoms with Crippen LogP contribution in [-0.2, 0) is 10.0 Å². The monoisotopic (exact) mass is 404 g/mol. The molecule has 142 valence electrons. The van der Waals surface area contributed by atoms with Crippen molar-refractivity contribution in [1.29, 1.82) is 0 Å². The number of fused-ring (bicyclic) bond motifs is 1. The lowest BCUT2D eigenvalue weighted by molar-refractivity contribution is 0.330. The smallest absolute Gasteiger partial charge is 0.246 e. The van der Waals surface area contributed by atoms with Crippen molar-refractivity contribution in [3.05, 3.63) is 36.0 Å². The van der Waals surface area contributed by atoms with Gasteiger partial charge in [0.2, 0.25) is 10.0 Å². The summed E-state index contributed by atoms with van der Waals surface area (Å²) in [5, 5.41) is 6.08. The first-order chi connectivity index (χ1) is 13.1. The molecule has 3 heterocycles. The largest absolute Gasteiger partial charge is 0.492 e. The molecule has 9 heteroatoms. The predicted molar refractivity (Wildman–Crippen MR) is 106 cm³/mol. The van der Waals surface area contributed by atoms with Crippen molar-refractivity contribution >= 4 is 43.1 Å². The maximum absolute atomic E-state index is 13.1. The van der Waals surface area contributed by atoms with Gasteiger partial charge in [-0.2, -0.15) is 4.31 Å². The van der Waals surface area contributed by atoms with Crippen LogP contribution in [0.25, 0.3) is 10.2 Å². The van der Waals surface area contributed by atoms with Gasteiger partial charge in [-0.05, 0) is 49.4 Å². The molecule has 0 saturated carbocycles. The highest BCUT2D eigenvalue weighted by molar-refractivity contribution is 7.89. The lowest BCUT2D eigenvalue weighted by Gasteiger charge is -2.19. The number of sulfonamides is 1. The maximum Gasteiger partial charge on any atom is 0.246 e. The summed E-state index contributed by atoms with van der Waals surface area (Å²) in [5.41, 5.74) is 0.641. The van der Waals surface area contributed by atoms with Crippen LogP contribution in [0.4, 0.5) is 11.5 Å². The van der Waals surface area contributed by atoms with Crippen LogP contribution in [-0.4, -0.2) is 42.4 Å². The van der Waals surface area contributed by atoms with Gasteiger partial charge in [-0.15, -0.1) is 11.3 Å². The van der Waals surface area contributed by atoms with E-state index in [1.165, 1.54) is 22.0 Å². The minimum absolute atomic E-state index is 0.187. The Morgan fingerprint density at radius 1 is 1.22 bits per heavy atom. The summed E-state index contributed by atoms with van der Waals surface area (Å²) in [6, 6.07) is 7.06. The van der Waals surface area contributed by atoms with E-state index in [1.54, 1.807) is 18.2 Å². The normalized spacial score (nSPS) is 15.3. The molecule has 1 aromatic carbocycles. The van der Waals surface area contributed by atoms with Crippen molar-refractivity contribution in [1.82, 2.24) is 14.3 Å². The van der Waals surface area contributed by atoms with E-state index in [9.17, 15) is 8.42 Å². The first kappa shape index (κ1) is 18.1. The van der Waals surface area contributed by atoms with Crippen molar-refractivity contribution in [2.24, 2.45) is 0 Å². The molecule has 1 N–H and O–H groups in total. The lowest BCUT2D eigenvalue weighted by atomic mass is 10.3. The van der Waals surface area contributed by atoms with E-state index in [1.807, 2.05) is 18.4 Å². The van der Waals surface area contributed by atoms with Crippen LogP contribution in [0, 0.1) is 0 Å². The number of thiophene rings is 1. The van der Waals surface area contributed by atoms with Gasteiger partial charge in [0, 0.05) is 18.8 Å². The van der Waals surface area contributed by atoms with Gasteiger partial charge in [-0.1, -0.05) is 0 Å². The van der Waals surface area contributed by atoms with Gasteiger partial charge < -0.3 is 10.1 Å².